The minimum absolute atomic E-state index is 0.165. The summed E-state index contributed by atoms with van der Waals surface area (Å²) in [6.07, 6.45) is 0.566. The maximum absolute atomic E-state index is 11.3. The Labute approximate surface area is 168 Å². The molecule has 27 heavy (non-hydrogen) atoms. The number of halogens is 2. The van der Waals surface area contributed by atoms with Crippen LogP contribution in [0.4, 0.5) is 5.69 Å². The Kier molecular flexibility index (Phi) is 5.79. The summed E-state index contributed by atoms with van der Waals surface area (Å²) in [7, 11) is 0. The average molecular weight is 423 g/mol. The maximum atomic E-state index is 11.3. The highest BCUT2D eigenvalue weighted by Crippen LogP contribution is 2.37. The molecular formula is C17H12Cl2N4O3S. The van der Waals surface area contributed by atoms with E-state index in [9.17, 15) is 14.9 Å². The van der Waals surface area contributed by atoms with Crippen molar-refractivity contribution in [2.45, 2.75) is 23.5 Å². The van der Waals surface area contributed by atoms with Crippen molar-refractivity contribution < 1.29 is 9.72 Å². The number of nitro groups is 1. The number of nitrogens with zero attached hydrogens (tertiary/aromatic N) is 4. The number of nitro benzene ring substituents is 1. The molecule has 0 aliphatic heterocycles. The number of benzene rings is 2. The van der Waals surface area contributed by atoms with Crippen molar-refractivity contribution in [1.29, 1.82) is 0 Å². The van der Waals surface area contributed by atoms with E-state index in [1.807, 2.05) is 6.92 Å². The Balaban J connectivity index is 2.04. The predicted molar refractivity (Wildman–Crippen MR) is 104 cm³/mol. The van der Waals surface area contributed by atoms with E-state index in [1.165, 1.54) is 18.2 Å². The fourth-order valence-electron chi connectivity index (χ4n) is 2.45. The van der Waals surface area contributed by atoms with Crippen molar-refractivity contribution in [2.24, 2.45) is 0 Å². The van der Waals surface area contributed by atoms with Crippen molar-refractivity contribution in [3.05, 3.63) is 62.1 Å². The first-order chi connectivity index (χ1) is 12.9. The first-order valence-corrected chi connectivity index (χ1v) is 9.32. The Morgan fingerprint density at radius 2 is 2.00 bits per heavy atom. The van der Waals surface area contributed by atoms with E-state index in [0.29, 0.717) is 44.3 Å². The number of hydrogen-bond acceptors (Lipinski definition) is 6. The summed E-state index contributed by atoms with van der Waals surface area (Å²) in [6, 6.07) is 9.34. The van der Waals surface area contributed by atoms with Gasteiger partial charge in [-0.05, 0) is 43.0 Å². The molecule has 10 heteroatoms. The molecule has 0 atom stereocenters. The summed E-state index contributed by atoms with van der Waals surface area (Å²) >= 11 is 13.3. The molecule has 0 fully saturated rings. The van der Waals surface area contributed by atoms with E-state index in [-0.39, 0.29) is 11.3 Å². The third-order valence-corrected chi connectivity index (χ3v) is 5.32. The SMILES string of the molecule is CCn1c(Sc2ccc(C=O)cc2[N+](=O)[O-])nnc1-c1ccc(Cl)cc1Cl. The molecule has 0 aliphatic rings. The second-order valence-corrected chi connectivity index (χ2v) is 7.23. The van der Waals surface area contributed by atoms with Gasteiger partial charge in [0.1, 0.15) is 6.29 Å². The van der Waals surface area contributed by atoms with Crippen LogP contribution in [0.25, 0.3) is 11.4 Å². The minimum atomic E-state index is -0.529. The molecule has 3 rings (SSSR count). The van der Waals surface area contributed by atoms with Crippen LogP contribution in [0, 0.1) is 10.1 Å². The molecule has 0 N–H and O–H groups in total. The molecule has 0 aliphatic carbocycles. The Morgan fingerprint density at radius 3 is 2.63 bits per heavy atom. The van der Waals surface area contributed by atoms with Crippen molar-refractivity contribution in [1.82, 2.24) is 14.8 Å². The highest BCUT2D eigenvalue weighted by molar-refractivity contribution is 7.99. The van der Waals surface area contributed by atoms with Crippen molar-refractivity contribution in [3.8, 4) is 11.4 Å². The molecule has 0 unspecified atom stereocenters. The number of carbonyl (C=O) groups excluding carboxylic acids is 1. The number of hydrogen-bond donors (Lipinski definition) is 0. The van der Waals surface area contributed by atoms with E-state index >= 15 is 0 Å². The van der Waals surface area contributed by atoms with Crippen LogP contribution in [0.5, 0.6) is 0 Å². The van der Waals surface area contributed by atoms with Crippen LogP contribution in [0.2, 0.25) is 10.0 Å². The Hall–Kier alpha value is -2.42. The molecule has 0 saturated heterocycles. The molecule has 0 saturated carbocycles. The first-order valence-electron chi connectivity index (χ1n) is 7.74. The van der Waals surface area contributed by atoms with E-state index in [4.69, 9.17) is 23.2 Å². The highest BCUT2D eigenvalue weighted by Gasteiger charge is 2.21. The molecule has 1 heterocycles. The number of aldehydes is 1. The van der Waals surface area contributed by atoms with Gasteiger partial charge in [-0.3, -0.25) is 14.9 Å². The minimum Gasteiger partial charge on any atom is -0.302 e. The fourth-order valence-corrected chi connectivity index (χ4v) is 3.93. The lowest BCUT2D eigenvalue weighted by atomic mass is 10.2. The van der Waals surface area contributed by atoms with Crippen LogP contribution in [0.3, 0.4) is 0 Å². The van der Waals surface area contributed by atoms with Crippen LogP contribution in [0.1, 0.15) is 17.3 Å². The molecule has 7 nitrogen and oxygen atoms in total. The van der Waals surface area contributed by atoms with Gasteiger partial charge in [-0.1, -0.05) is 29.3 Å². The molecular weight excluding hydrogens is 411 g/mol. The number of aromatic nitrogens is 3. The van der Waals surface area contributed by atoms with Crippen LogP contribution >= 0.6 is 35.0 Å². The van der Waals surface area contributed by atoms with E-state index in [1.54, 1.807) is 22.8 Å². The molecule has 138 valence electrons. The largest absolute Gasteiger partial charge is 0.302 e. The summed E-state index contributed by atoms with van der Waals surface area (Å²) in [5.41, 5.74) is 0.728. The zero-order chi connectivity index (χ0) is 19.6. The van der Waals surface area contributed by atoms with Gasteiger partial charge in [-0.15, -0.1) is 10.2 Å². The molecule has 0 spiro atoms. The standard InChI is InChI=1S/C17H12Cl2N4O3S/c1-2-22-16(12-5-4-11(18)8-13(12)19)20-21-17(22)27-15-6-3-10(9-24)7-14(15)23(25)26/h3-9H,2H2,1H3. The predicted octanol–water partition coefficient (Wildman–Crippen LogP) is 5.14. The van der Waals surface area contributed by atoms with Crippen molar-refractivity contribution in [2.75, 3.05) is 0 Å². The summed E-state index contributed by atoms with van der Waals surface area (Å²) in [5, 5.41) is 21.1. The van der Waals surface area contributed by atoms with Gasteiger partial charge in [-0.2, -0.15) is 0 Å². The van der Waals surface area contributed by atoms with E-state index in [0.717, 1.165) is 11.8 Å². The number of rotatable bonds is 6. The number of carbonyl (C=O) groups is 1. The summed E-state index contributed by atoms with van der Waals surface area (Å²) in [6.45, 7) is 2.44. The molecule has 3 aromatic rings. The smallest absolute Gasteiger partial charge is 0.284 e. The van der Waals surface area contributed by atoms with Crippen molar-refractivity contribution in [3.63, 3.8) is 0 Å². The molecule has 0 bridgehead atoms. The lowest BCUT2D eigenvalue weighted by Crippen LogP contribution is -2.00. The lowest BCUT2D eigenvalue weighted by molar-refractivity contribution is -0.387. The van der Waals surface area contributed by atoms with E-state index in [2.05, 4.69) is 10.2 Å². The summed E-state index contributed by atoms with van der Waals surface area (Å²) in [4.78, 5) is 22.1. The van der Waals surface area contributed by atoms with Gasteiger partial charge in [-0.25, -0.2) is 0 Å². The maximum Gasteiger partial charge on any atom is 0.284 e. The van der Waals surface area contributed by atoms with Gasteiger partial charge < -0.3 is 4.57 Å². The Morgan fingerprint density at radius 1 is 1.22 bits per heavy atom. The van der Waals surface area contributed by atoms with Gasteiger partial charge in [0.05, 0.1) is 14.8 Å². The van der Waals surface area contributed by atoms with Crippen LogP contribution < -0.4 is 0 Å². The normalized spacial score (nSPS) is 10.8. The van der Waals surface area contributed by atoms with Gasteiger partial charge in [0.25, 0.3) is 5.69 Å². The van der Waals surface area contributed by atoms with Gasteiger partial charge in [0.15, 0.2) is 11.0 Å². The average Bonchev–Trinajstić information content (AvgIpc) is 3.04. The van der Waals surface area contributed by atoms with Gasteiger partial charge in [0, 0.05) is 28.8 Å². The van der Waals surface area contributed by atoms with E-state index < -0.39 is 4.92 Å². The topological polar surface area (TPSA) is 90.9 Å². The third kappa shape index (κ3) is 3.97. The summed E-state index contributed by atoms with van der Waals surface area (Å²) in [5.74, 6) is 0.536. The third-order valence-electron chi connectivity index (χ3n) is 3.72. The highest BCUT2D eigenvalue weighted by atomic mass is 35.5. The second kappa shape index (κ2) is 8.08. The molecule has 1 aromatic heterocycles. The Bertz CT molecular complexity index is 1040. The quantitative estimate of drug-likeness (QED) is 0.310. The second-order valence-electron chi connectivity index (χ2n) is 5.38. The molecule has 0 radical (unpaired) electrons. The van der Waals surface area contributed by atoms with Crippen LogP contribution in [0.15, 0.2) is 46.5 Å². The monoisotopic (exact) mass is 422 g/mol. The zero-order valence-corrected chi connectivity index (χ0v) is 16.3. The van der Waals surface area contributed by atoms with Gasteiger partial charge in [0.2, 0.25) is 0 Å². The first kappa shape index (κ1) is 19.3. The summed E-state index contributed by atoms with van der Waals surface area (Å²) < 4.78 is 1.80. The van der Waals surface area contributed by atoms with Crippen LogP contribution in [-0.2, 0) is 6.54 Å². The molecule has 0 amide bonds. The fraction of sp³-hybridized carbons (Fsp3) is 0.118. The molecule has 2 aromatic carbocycles. The zero-order valence-electron chi connectivity index (χ0n) is 13.9. The van der Waals surface area contributed by atoms with Crippen molar-refractivity contribution >= 4 is 46.9 Å². The van der Waals surface area contributed by atoms with Crippen LogP contribution in [-0.4, -0.2) is 26.0 Å². The lowest BCUT2D eigenvalue weighted by Gasteiger charge is -2.09. The van der Waals surface area contributed by atoms with Gasteiger partial charge >= 0.3 is 0 Å².